The quantitative estimate of drug-likeness (QED) is 0.891. The summed E-state index contributed by atoms with van der Waals surface area (Å²) < 4.78 is 1.20. The van der Waals surface area contributed by atoms with Gasteiger partial charge < -0.3 is 5.32 Å². The lowest BCUT2D eigenvalue weighted by Crippen LogP contribution is -2.40. The SMILES string of the molecule is CCN1CCC[C@@H]1CNC(=O)CCc1nc2ccccc2s1. The molecule has 2 aromatic rings. The van der Waals surface area contributed by atoms with Gasteiger partial charge in [0.05, 0.1) is 15.2 Å². The Labute approximate surface area is 135 Å². The molecule has 5 heteroatoms. The second kappa shape index (κ2) is 7.20. The Morgan fingerprint density at radius 2 is 2.32 bits per heavy atom. The van der Waals surface area contributed by atoms with Crippen LogP contribution in [0.25, 0.3) is 10.2 Å². The largest absolute Gasteiger partial charge is 0.355 e. The zero-order chi connectivity index (χ0) is 15.4. The third-order valence-electron chi connectivity index (χ3n) is 4.34. The molecule has 0 radical (unpaired) electrons. The van der Waals surface area contributed by atoms with Gasteiger partial charge in [-0.15, -0.1) is 11.3 Å². The summed E-state index contributed by atoms with van der Waals surface area (Å²) in [7, 11) is 0. The minimum absolute atomic E-state index is 0.141. The Bertz CT molecular complexity index is 607. The van der Waals surface area contributed by atoms with Crippen molar-refractivity contribution in [2.45, 2.75) is 38.6 Å². The van der Waals surface area contributed by atoms with Crippen LogP contribution in [0, 0.1) is 0 Å². The number of rotatable bonds is 6. The van der Waals surface area contributed by atoms with E-state index in [1.165, 1.54) is 24.1 Å². The first-order valence-electron chi connectivity index (χ1n) is 8.11. The molecule has 1 N–H and O–H groups in total. The summed E-state index contributed by atoms with van der Waals surface area (Å²) in [5.74, 6) is 0.141. The lowest BCUT2D eigenvalue weighted by Gasteiger charge is -2.22. The summed E-state index contributed by atoms with van der Waals surface area (Å²) >= 11 is 1.69. The third kappa shape index (κ3) is 3.65. The number of hydrogen-bond donors (Lipinski definition) is 1. The molecule has 0 saturated carbocycles. The molecule has 1 aliphatic rings. The molecule has 118 valence electrons. The van der Waals surface area contributed by atoms with Gasteiger partial charge in [-0.05, 0) is 38.1 Å². The number of thiazole rings is 1. The van der Waals surface area contributed by atoms with Gasteiger partial charge in [-0.25, -0.2) is 4.98 Å². The maximum Gasteiger partial charge on any atom is 0.220 e. The Morgan fingerprint density at radius 1 is 1.45 bits per heavy atom. The number of likely N-dealkylation sites (tertiary alicyclic amines) is 1. The van der Waals surface area contributed by atoms with Crippen molar-refractivity contribution < 1.29 is 4.79 Å². The Morgan fingerprint density at radius 3 is 3.14 bits per heavy atom. The summed E-state index contributed by atoms with van der Waals surface area (Å²) in [6.07, 6.45) is 3.71. The van der Waals surface area contributed by atoms with Crippen molar-refractivity contribution in [3.63, 3.8) is 0 Å². The number of aryl methyl sites for hydroxylation is 1. The molecular weight excluding hydrogens is 294 g/mol. The predicted octanol–water partition coefficient (Wildman–Crippen LogP) is 2.83. The van der Waals surface area contributed by atoms with Crippen molar-refractivity contribution in [3.8, 4) is 0 Å². The monoisotopic (exact) mass is 317 g/mol. The summed E-state index contributed by atoms with van der Waals surface area (Å²) in [4.78, 5) is 19.1. The van der Waals surface area contributed by atoms with Gasteiger partial charge in [0.15, 0.2) is 0 Å². The fraction of sp³-hybridized carbons (Fsp3) is 0.529. The van der Waals surface area contributed by atoms with Crippen molar-refractivity contribution in [1.82, 2.24) is 15.2 Å². The molecule has 2 heterocycles. The number of amides is 1. The van der Waals surface area contributed by atoms with Gasteiger partial charge in [0.2, 0.25) is 5.91 Å². The van der Waals surface area contributed by atoms with E-state index in [1.807, 2.05) is 18.2 Å². The van der Waals surface area contributed by atoms with E-state index < -0.39 is 0 Å². The number of para-hydroxylation sites is 1. The number of carbonyl (C=O) groups excluding carboxylic acids is 1. The van der Waals surface area contributed by atoms with Crippen LogP contribution in [0.15, 0.2) is 24.3 Å². The minimum Gasteiger partial charge on any atom is -0.355 e. The molecule has 0 aliphatic carbocycles. The Kier molecular flexibility index (Phi) is 5.05. The topological polar surface area (TPSA) is 45.2 Å². The minimum atomic E-state index is 0.141. The van der Waals surface area contributed by atoms with E-state index in [0.29, 0.717) is 12.5 Å². The number of nitrogens with zero attached hydrogens (tertiary/aromatic N) is 2. The van der Waals surface area contributed by atoms with Gasteiger partial charge >= 0.3 is 0 Å². The first-order valence-corrected chi connectivity index (χ1v) is 8.93. The number of hydrogen-bond acceptors (Lipinski definition) is 4. The summed E-state index contributed by atoms with van der Waals surface area (Å²) in [5, 5.41) is 4.14. The van der Waals surface area contributed by atoms with Crippen LogP contribution < -0.4 is 5.32 Å². The van der Waals surface area contributed by atoms with Crippen LogP contribution in [0.1, 0.15) is 31.2 Å². The summed E-state index contributed by atoms with van der Waals surface area (Å²) in [6.45, 7) is 5.22. The van der Waals surface area contributed by atoms with E-state index >= 15 is 0 Å². The van der Waals surface area contributed by atoms with Gasteiger partial charge in [0.25, 0.3) is 0 Å². The second-order valence-electron chi connectivity index (χ2n) is 5.80. The fourth-order valence-electron chi connectivity index (χ4n) is 3.11. The molecule has 3 rings (SSSR count). The molecule has 1 fully saturated rings. The molecule has 0 unspecified atom stereocenters. The second-order valence-corrected chi connectivity index (χ2v) is 6.92. The normalized spacial score (nSPS) is 18.9. The van der Waals surface area contributed by atoms with Crippen molar-refractivity contribution in [1.29, 1.82) is 0 Å². The molecule has 1 atom stereocenters. The van der Waals surface area contributed by atoms with Crippen LogP contribution in [0.3, 0.4) is 0 Å². The zero-order valence-corrected chi connectivity index (χ0v) is 13.9. The number of aromatic nitrogens is 1. The van der Waals surface area contributed by atoms with Crippen molar-refractivity contribution in [3.05, 3.63) is 29.3 Å². The highest BCUT2D eigenvalue weighted by Crippen LogP contribution is 2.22. The predicted molar refractivity (Wildman–Crippen MR) is 91.2 cm³/mol. The van der Waals surface area contributed by atoms with Crippen LogP contribution in [0.5, 0.6) is 0 Å². The highest BCUT2D eigenvalue weighted by Gasteiger charge is 2.23. The fourth-order valence-corrected chi connectivity index (χ4v) is 4.08. The van der Waals surface area contributed by atoms with Crippen molar-refractivity contribution in [2.75, 3.05) is 19.6 Å². The van der Waals surface area contributed by atoms with E-state index in [2.05, 4.69) is 28.2 Å². The lowest BCUT2D eigenvalue weighted by molar-refractivity contribution is -0.121. The van der Waals surface area contributed by atoms with Crippen LogP contribution in [-0.2, 0) is 11.2 Å². The van der Waals surface area contributed by atoms with Crippen molar-refractivity contribution in [2.24, 2.45) is 0 Å². The van der Waals surface area contributed by atoms with Gasteiger partial charge in [0, 0.05) is 25.4 Å². The molecule has 1 aromatic heterocycles. The van der Waals surface area contributed by atoms with Gasteiger partial charge in [0.1, 0.15) is 0 Å². The van der Waals surface area contributed by atoms with E-state index in [-0.39, 0.29) is 5.91 Å². The molecule has 1 aromatic carbocycles. The number of fused-ring (bicyclic) bond motifs is 1. The van der Waals surface area contributed by atoms with Gasteiger partial charge in [-0.3, -0.25) is 9.69 Å². The van der Waals surface area contributed by atoms with E-state index in [9.17, 15) is 4.79 Å². The first-order chi connectivity index (χ1) is 10.8. The van der Waals surface area contributed by atoms with Crippen LogP contribution >= 0.6 is 11.3 Å². The number of nitrogens with one attached hydrogen (secondary N) is 1. The molecule has 1 saturated heterocycles. The maximum atomic E-state index is 12.0. The van der Waals surface area contributed by atoms with E-state index in [1.54, 1.807) is 11.3 Å². The Balaban J connectivity index is 1.46. The van der Waals surface area contributed by atoms with E-state index in [0.717, 1.165) is 30.0 Å². The highest BCUT2D eigenvalue weighted by atomic mass is 32.1. The molecule has 0 bridgehead atoms. The molecule has 22 heavy (non-hydrogen) atoms. The summed E-state index contributed by atoms with van der Waals surface area (Å²) in [5.41, 5.74) is 1.03. The summed E-state index contributed by atoms with van der Waals surface area (Å²) in [6, 6.07) is 8.65. The third-order valence-corrected chi connectivity index (χ3v) is 5.44. The number of benzene rings is 1. The highest BCUT2D eigenvalue weighted by molar-refractivity contribution is 7.18. The van der Waals surface area contributed by atoms with E-state index in [4.69, 9.17) is 0 Å². The molecule has 4 nitrogen and oxygen atoms in total. The van der Waals surface area contributed by atoms with Gasteiger partial charge in [-0.2, -0.15) is 0 Å². The molecular formula is C17H23N3OS. The smallest absolute Gasteiger partial charge is 0.220 e. The van der Waals surface area contributed by atoms with Crippen LogP contribution in [-0.4, -0.2) is 41.5 Å². The molecule has 1 aliphatic heterocycles. The Hall–Kier alpha value is -1.46. The zero-order valence-electron chi connectivity index (χ0n) is 13.0. The first kappa shape index (κ1) is 15.4. The molecule has 1 amide bonds. The van der Waals surface area contributed by atoms with Crippen LogP contribution in [0.4, 0.5) is 0 Å². The maximum absolute atomic E-state index is 12.0. The molecule has 0 spiro atoms. The number of likely N-dealkylation sites (N-methyl/N-ethyl adjacent to an activating group) is 1. The van der Waals surface area contributed by atoms with Gasteiger partial charge in [-0.1, -0.05) is 19.1 Å². The standard InChI is InChI=1S/C17H23N3OS/c1-2-20-11-5-6-13(20)12-18-16(21)9-10-17-19-14-7-3-4-8-15(14)22-17/h3-4,7-8,13H,2,5-6,9-12H2,1H3,(H,18,21)/t13-/m1/s1. The van der Waals surface area contributed by atoms with Crippen molar-refractivity contribution >= 4 is 27.5 Å². The average molecular weight is 317 g/mol. The van der Waals surface area contributed by atoms with Crippen LogP contribution in [0.2, 0.25) is 0 Å². The average Bonchev–Trinajstić information content (AvgIpc) is 3.16. The lowest BCUT2D eigenvalue weighted by atomic mass is 10.2. The number of carbonyl (C=O) groups is 1.